The van der Waals surface area contributed by atoms with E-state index >= 15 is 0 Å². The van der Waals surface area contributed by atoms with Gasteiger partial charge in [-0.3, -0.25) is 0 Å². The maximum absolute atomic E-state index is 3.29. The van der Waals surface area contributed by atoms with Crippen LogP contribution >= 0.6 is 0 Å². The van der Waals surface area contributed by atoms with Crippen LogP contribution in [-0.2, 0) is 0 Å². The summed E-state index contributed by atoms with van der Waals surface area (Å²) >= 11 is 0. The van der Waals surface area contributed by atoms with Crippen LogP contribution in [0.15, 0.2) is 23.4 Å². The van der Waals surface area contributed by atoms with Crippen molar-refractivity contribution >= 4 is 0 Å². The topological polar surface area (TPSA) is 12.0 Å². The summed E-state index contributed by atoms with van der Waals surface area (Å²) in [5.74, 6) is 0. The molecule has 0 atom stereocenters. The third-order valence-corrected chi connectivity index (χ3v) is 3.04. The lowest BCUT2D eigenvalue weighted by Gasteiger charge is -2.30. The Hall–Kier alpha value is -0.720. The molecule has 0 heterocycles. The van der Waals surface area contributed by atoms with Crippen LogP contribution in [0, 0.1) is 5.41 Å². The van der Waals surface area contributed by atoms with E-state index in [9.17, 15) is 0 Å². The van der Waals surface area contributed by atoms with E-state index in [1.54, 1.807) is 0 Å². The SMILES string of the molecule is CCC(C)(C)C1=CCCC=C1NC. The van der Waals surface area contributed by atoms with E-state index in [0.717, 1.165) is 0 Å². The Bertz CT molecular complexity index is 234. The molecule has 0 amide bonds. The Kier molecular flexibility index (Phi) is 3.18. The molecule has 1 N–H and O–H groups in total. The average molecular weight is 179 g/mol. The molecule has 1 aliphatic carbocycles. The molecule has 0 saturated heterocycles. The van der Waals surface area contributed by atoms with E-state index in [1.807, 2.05) is 7.05 Å². The third kappa shape index (κ3) is 2.15. The summed E-state index contributed by atoms with van der Waals surface area (Å²) < 4.78 is 0. The largest absolute Gasteiger partial charge is 0.388 e. The van der Waals surface area contributed by atoms with Crippen LogP contribution in [0.4, 0.5) is 0 Å². The van der Waals surface area contributed by atoms with Gasteiger partial charge in [0.15, 0.2) is 0 Å². The summed E-state index contributed by atoms with van der Waals surface area (Å²) in [6.45, 7) is 6.88. The highest BCUT2D eigenvalue weighted by Crippen LogP contribution is 2.36. The lowest BCUT2D eigenvalue weighted by molar-refractivity contribution is 0.426. The van der Waals surface area contributed by atoms with E-state index in [1.165, 1.54) is 30.5 Å². The second-order valence-electron chi connectivity index (χ2n) is 4.30. The number of nitrogens with one attached hydrogen (secondary N) is 1. The van der Waals surface area contributed by atoms with Crippen molar-refractivity contribution in [2.45, 2.75) is 40.0 Å². The Balaban J connectivity index is 2.89. The van der Waals surface area contributed by atoms with Gasteiger partial charge in [0.2, 0.25) is 0 Å². The van der Waals surface area contributed by atoms with Gasteiger partial charge in [0.05, 0.1) is 0 Å². The van der Waals surface area contributed by atoms with Gasteiger partial charge in [-0.15, -0.1) is 0 Å². The minimum atomic E-state index is 0.315. The van der Waals surface area contributed by atoms with Crippen molar-refractivity contribution in [3.05, 3.63) is 23.4 Å². The fourth-order valence-corrected chi connectivity index (χ4v) is 1.74. The molecule has 1 heteroatoms. The highest BCUT2D eigenvalue weighted by Gasteiger charge is 2.24. The van der Waals surface area contributed by atoms with Gasteiger partial charge in [0.25, 0.3) is 0 Å². The molecule has 0 bridgehead atoms. The molecular formula is C12H21N. The normalized spacial score (nSPS) is 17.8. The van der Waals surface area contributed by atoms with Crippen molar-refractivity contribution < 1.29 is 0 Å². The molecule has 0 saturated carbocycles. The van der Waals surface area contributed by atoms with Gasteiger partial charge in [-0.25, -0.2) is 0 Å². The first-order chi connectivity index (χ1) is 6.11. The molecule has 1 nitrogen and oxygen atoms in total. The highest BCUT2D eigenvalue weighted by atomic mass is 14.8. The Morgan fingerprint density at radius 3 is 2.46 bits per heavy atom. The van der Waals surface area contributed by atoms with Crippen LogP contribution in [0.25, 0.3) is 0 Å². The molecule has 0 radical (unpaired) electrons. The van der Waals surface area contributed by atoms with Crippen LogP contribution in [0.5, 0.6) is 0 Å². The van der Waals surface area contributed by atoms with Crippen molar-refractivity contribution in [3.8, 4) is 0 Å². The third-order valence-electron chi connectivity index (χ3n) is 3.04. The minimum absolute atomic E-state index is 0.315. The zero-order valence-electron chi connectivity index (χ0n) is 9.28. The van der Waals surface area contributed by atoms with Crippen molar-refractivity contribution in [2.75, 3.05) is 7.05 Å². The van der Waals surface area contributed by atoms with Crippen molar-refractivity contribution in [1.82, 2.24) is 5.32 Å². The number of rotatable bonds is 3. The molecular weight excluding hydrogens is 158 g/mol. The summed E-state index contributed by atoms with van der Waals surface area (Å²) in [5, 5.41) is 3.29. The lowest BCUT2D eigenvalue weighted by atomic mass is 9.78. The van der Waals surface area contributed by atoms with Crippen LogP contribution in [-0.4, -0.2) is 7.05 Å². The predicted molar refractivity (Wildman–Crippen MR) is 58.5 cm³/mol. The Labute approximate surface area is 81.9 Å². The molecule has 1 aliphatic rings. The van der Waals surface area contributed by atoms with Crippen molar-refractivity contribution in [2.24, 2.45) is 5.41 Å². The molecule has 74 valence electrons. The van der Waals surface area contributed by atoms with E-state index in [4.69, 9.17) is 0 Å². The molecule has 0 aliphatic heterocycles. The quantitative estimate of drug-likeness (QED) is 0.701. The van der Waals surface area contributed by atoms with E-state index in [-0.39, 0.29) is 0 Å². The van der Waals surface area contributed by atoms with Gasteiger partial charge < -0.3 is 5.32 Å². The van der Waals surface area contributed by atoms with E-state index in [2.05, 4.69) is 38.2 Å². The monoisotopic (exact) mass is 179 g/mol. The second kappa shape index (κ2) is 3.99. The van der Waals surface area contributed by atoms with Crippen molar-refractivity contribution in [1.29, 1.82) is 0 Å². The molecule has 0 aromatic heterocycles. The first kappa shape index (κ1) is 10.4. The molecule has 0 aromatic rings. The van der Waals surface area contributed by atoms with Gasteiger partial charge in [-0.2, -0.15) is 0 Å². The smallest absolute Gasteiger partial charge is 0.0331 e. The summed E-state index contributed by atoms with van der Waals surface area (Å²) in [4.78, 5) is 0. The highest BCUT2D eigenvalue weighted by molar-refractivity contribution is 5.36. The summed E-state index contributed by atoms with van der Waals surface area (Å²) in [5.41, 5.74) is 3.14. The van der Waals surface area contributed by atoms with E-state index < -0.39 is 0 Å². The molecule has 0 aromatic carbocycles. The van der Waals surface area contributed by atoms with Gasteiger partial charge in [0, 0.05) is 12.7 Å². The van der Waals surface area contributed by atoms with Gasteiger partial charge >= 0.3 is 0 Å². The Morgan fingerprint density at radius 1 is 1.31 bits per heavy atom. The number of hydrogen-bond donors (Lipinski definition) is 1. The fourth-order valence-electron chi connectivity index (χ4n) is 1.74. The van der Waals surface area contributed by atoms with Gasteiger partial charge in [-0.1, -0.05) is 32.9 Å². The summed E-state index contributed by atoms with van der Waals surface area (Å²) in [7, 11) is 2.01. The number of likely N-dealkylation sites (N-methyl/N-ethyl adjacent to an activating group) is 1. The number of hydrogen-bond acceptors (Lipinski definition) is 1. The summed E-state index contributed by atoms with van der Waals surface area (Å²) in [6.07, 6.45) is 8.27. The lowest BCUT2D eigenvalue weighted by Crippen LogP contribution is -2.22. The molecule has 13 heavy (non-hydrogen) atoms. The standard InChI is InChI=1S/C12H21N/c1-5-12(2,3)10-8-6-7-9-11(10)13-4/h8-9,13H,5-7H2,1-4H3. The summed E-state index contributed by atoms with van der Waals surface area (Å²) in [6, 6.07) is 0. The zero-order valence-corrected chi connectivity index (χ0v) is 9.28. The second-order valence-corrected chi connectivity index (χ2v) is 4.30. The first-order valence-corrected chi connectivity index (χ1v) is 5.20. The molecule has 0 fully saturated rings. The van der Waals surface area contributed by atoms with Gasteiger partial charge in [0.1, 0.15) is 0 Å². The van der Waals surface area contributed by atoms with Gasteiger partial charge in [-0.05, 0) is 30.3 Å². The van der Waals surface area contributed by atoms with Crippen LogP contribution in [0.3, 0.4) is 0 Å². The first-order valence-electron chi connectivity index (χ1n) is 5.20. The number of allylic oxidation sites excluding steroid dienone is 3. The minimum Gasteiger partial charge on any atom is -0.388 e. The fraction of sp³-hybridized carbons (Fsp3) is 0.667. The molecule has 0 spiro atoms. The predicted octanol–water partition coefficient (Wildman–Crippen LogP) is 3.25. The zero-order chi connectivity index (χ0) is 9.90. The maximum atomic E-state index is 3.29. The van der Waals surface area contributed by atoms with Crippen molar-refractivity contribution in [3.63, 3.8) is 0 Å². The van der Waals surface area contributed by atoms with E-state index in [0.29, 0.717) is 5.41 Å². The molecule has 1 rings (SSSR count). The van der Waals surface area contributed by atoms with Crippen LogP contribution in [0.1, 0.15) is 40.0 Å². The Morgan fingerprint density at radius 2 is 1.92 bits per heavy atom. The average Bonchev–Trinajstić information content (AvgIpc) is 2.18. The maximum Gasteiger partial charge on any atom is 0.0331 e. The van der Waals surface area contributed by atoms with Crippen LogP contribution < -0.4 is 5.32 Å². The molecule has 0 unspecified atom stereocenters. The van der Waals surface area contributed by atoms with Crippen LogP contribution in [0.2, 0.25) is 0 Å².